The van der Waals surface area contributed by atoms with E-state index in [0.29, 0.717) is 13.0 Å². The van der Waals surface area contributed by atoms with Crippen LogP contribution >= 0.6 is 0 Å². The monoisotopic (exact) mass is 273 g/mol. The Labute approximate surface area is 119 Å². The summed E-state index contributed by atoms with van der Waals surface area (Å²) in [6, 6.07) is 6.02. The number of nitrogens with one attached hydrogen (secondary N) is 1. The molecule has 1 N–H and O–H groups in total. The van der Waals surface area contributed by atoms with Crippen LogP contribution < -0.4 is 5.32 Å². The maximum atomic E-state index is 12.7. The van der Waals surface area contributed by atoms with Gasteiger partial charge in [0.2, 0.25) is 5.91 Å². The largest absolute Gasteiger partial charge is 0.345 e. The minimum atomic E-state index is -0.268. The number of hydrogen-bond donors (Lipinski definition) is 1. The zero-order valence-corrected chi connectivity index (χ0v) is 11.6. The van der Waals surface area contributed by atoms with Crippen molar-refractivity contribution in [1.82, 2.24) is 5.32 Å². The first-order valence-electron chi connectivity index (χ1n) is 7.25. The van der Waals surface area contributed by atoms with Gasteiger partial charge in [-0.2, -0.15) is 0 Å². The maximum absolute atomic E-state index is 12.7. The molecule has 0 saturated heterocycles. The van der Waals surface area contributed by atoms with Crippen LogP contribution in [0.4, 0.5) is 4.39 Å². The number of carbonyl (C=O) groups excluding carboxylic acids is 1. The topological polar surface area (TPSA) is 29.1 Å². The number of rotatable bonds is 4. The second-order valence-electron chi connectivity index (χ2n) is 5.27. The summed E-state index contributed by atoms with van der Waals surface area (Å²) in [5.74, 6) is 6.32. The van der Waals surface area contributed by atoms with Crippen LogP contribution in [0.3, 0.4) is 0 Å². The molecule has 0 spiro atoms. The zero-order chi connectivity index (χ0) is 14.2. The normalized spacial score (nSPS) is 14.7. The number of carbonyl (C=O) groups is 1. The highest BCUT2D eigenvalue weighted by Gasteiger charge is 2.15. The highest BCUT2D eigenvalue weighted by atomic mass is 19.1. The first kappa shape index (κ1) is 14.6. The third-order valence-electron chi connectivity index (χ3n) is 3.71. The Bertz CT molecular complexity index is 492. The lowest BCUT2D eigenvalue weighted by Crippen LogP contribution is -2.23. The van der Waals surface area contributed by atoms with Crippen molar-refractivity contribution in [3.8, 4) is 11.8 Å². The molecule has 0 bridgehead atoms. The maximum Gasteiger partial charge on any atom is 0.220 e. The van der Waals surface area contributed by atoms with Crippen molar-refractivity contribution in [1.29, 1.82) is 0 Å². The fraction of sp³-hybridized carbons (Fsp3) is 0.471. The van der Waals surface area contributed by atoms with E-state index in [-0.39, 0.29) is 11.7 Å². The fourth-order valence-corrected chi connectivity index (χ4v) is 2.54. The van der Waals surface area contributed by atoms with Gasteiger partial charge in [0.05, 0.1) is 6.54 Å². The van der Waals surface area contributed by atoms with E-state index >= 15 is 0 Å². The van der Waals surface area contributed by atoms with E-state index in [2.05, 4.69) is 17.2 Å². The summed E-state index contributed by atoms with van der Waals surface area (Å²) >= 11 is 0. The first-order chi connectivity index (χ1) is 9.74. The number of hydrogen-bond acceptors (Lipinski definition) is 1. The summed E-state index contributed by atoms with van der Waals surface area (Å²) in [6.07, 6.45) is 6.78. The molecule has 0 radical (unpaired) electrons. The Balaban J connectivity index is 1.65. The molecule has 3 heteroatoms. The van der Waals surface area contributed by atoms with Crippen molar-refractivity contribution in [3.63, 3.8) is 0 Å². The molecule has 1 aliphatic carbocycles. The molecule has 2 rings (SSSR count). The molecule has 0 unspecified atom stereocenters. The predicted octanol–water partition coefficient (Wildman–Crippen LogP) is 3.26. The standard InChI is InChI=1S/C17H20FNO/c18-16-10-7-15(8-11-16)6-3-13-19-17(20)12-9-14-4-1-2-5-14/h7-8,10-11,14H,1-2,4-5,9,12-13H2,(H,19,20). The van der Waals surface area contributed by atoms with E-state index in [1.807, 2.05) is 0 Å². The van der Waals surface area contributed by atoms with Crippen LogP contribution in [-0.4, -0.2) is 12.5 Å². The second-order valence-corrected chi connectivity index (χ2v) is 5.27. The molecule has 0 aliphatic heterocycles. The molecule has 0 heterocycles. The Kier molecular flexibility index (Phi) is 5.61. The summed E-state index contributed by atoms with van der Waals surface area (Å²) in [7, 11) is 0. The number of benzene rings is 1. The fourth-order valence-electron chi connectivity index (χ4n) is 2.54. The quantitative estimate of drug-likeness (QED) is 0.838. The van der Waals surface area contributed by atoms with Crippen LogP contribution in [0.1, 0.15) is 44.1 Å². The minimum Gasteiger partial charge on any atom is -0.345 e. The Hall–Kier alpha value is -1.82. The SMILES string of the molecule is O=C(CCC1CCCC1)NCC#Cc1ccc(F)cc1. The first-order valence-corrected chi connectivity index (χ1v) is 7.25. The van der Waals surface area contributed by atoms with Gasteiger partial charge in [0, 0.05) is 12.0 Å². The van der Waals surface area contributed by atoms with Crippen molar-refractivity contribution >= 4 is 5.91 Å². The van der Waals surface area contributed by atoms with E-state index < -0.39 is 0 Å². The van der Waals surface area contributed by atoms with Gasteiger partial charge in [0.1, 0.15) is 5.82 Å². The van der Waals surface area contributed by atoms with Crippen LogP contribution in [0.15, 0.2) is 24.3 Å². The van der Waals surface area contributed by atoms with E-state index in [0.717, 1.165) is 17.9 Å². The van der Waals surface area contributed by atoms with Crippen LogP contribution in [0.5, 0.6) is 0 Å². The van der Waals surface area contributed by atoms with Crippen LogP contribution in [0.2, 0.25) is 0 Å². The minimum absolute atomic E-state index is 0.0744. The molecular weight excluding hydrogens is 253 g/mol. The summed E-state index contributed by atoms with van der Waals surface area (Å²) in [4.78, 5) is 11.6. The molecule has 2 nitrogen and oxygen atoms in total. The molecule has 0 atom stereocenters. The van der Waals surface area contributed by atoms with Crippen LogP contribution in [0, 0.1) is 23.6 Å². The van der Waals surface area contributed by atoms with Crippen molar-refractivity contribution in [2.75, 3.05) is 6.54 Å². The zero-order valence-electron chi connectivity index (χ0n) is 11.6. The van der Waals surface area contributed by atoms with Gasteiger partial charge in [-0.15, -0.1) is 0 Å². The molecule has 1 aliphatic rings. The van der Waals surface area contributed by atoms with Gasteiger partial charge in [0.15, 0.2) is 0 Å². The molecule has 1 saturated carbocycles. The Morgan fingerprint density at radius 3 is 2.65 bits per heavy atom. The molecule has 0 aromatic heterocycles. The lowest BCUT2D eigenvalue weighted by molar-refractivity contribution is -0.121. The lowest BCUT2D eigenvalue weighted by Gasteiger charge is -2.07. The van der Waals surface area contributed by atoms with Gasteiger partial charge >= 0.3 is 0 Å². The molecule has 1 fully saturated rings. The van der Waals surface area contributed by atoms with Gasteiger partial charge in [-0.3, -0.25) is 4.79 Å². The molecular formula is C17H20FNO. The van der Waals surface area contributed by atoms with Crippen molar-refractivity contribution < 1.29 is 9.18 Å². The number of halogens is 1. The summed E-state index contributed by atoms with van der Waals surface area (Å²) < 4.78 is 12.7. The average Bonchev–Trinajstić information content (AvgIpc) is 2.96. The summed E-state index contributed by atoms with van der Waals surface area (Å²) in [5.41, 5.74) is 0.756. The van der Waals surface area contributed by atoms with Gasteiger partial charge < -0.3 is 5.32 Å². The van der Waals surface area contributed by atoms with E-state index in [9.17, 15) is 9.18 Å². The van der Waals surface area contributed by atoms with Crippen LogP contribution in [0.25, 0.3) is 0 Å². The number of amides is 1. The van der Waals surface area contributed by atoms with Gasteiger partial charge in [-0.25, -0.2) is 4.39 Å². The Morgan fingerprint density at radius 2 is 1.95 bits per heavy atom. The second kappa shape index (κ2) is 7.69. The Morgan fingerprint density at radius 1 is 1.25 bits per heavy atom. The van der Waals surface area contributed by atoms with Gasteiger partial charge in [-0.1, -0.05) is 37.5 Å². The lowest BCUT2D eigenvalue weighted by atomic mass is 10.0. The highest BCUT2D eigenvalue weighted by molar-refractivity contribution is 5.76. The van der Waals surface area contributed by atoms with Gasteiger partial charge in [0.25, 0.3) is 0 Å². The van der Waals surface area contributed by atoms with Crippen LogP contribution in [-0.2, 0) is 4.79 Å². The summed E-state index contributed by atoms with van der Waals surface area (Å²) in [5, 5.41) is 2.80. The molecule has 106 valence electrons. The summed E-state index contributed by atoms with van der Waals surface area (Å²) in [6.45, 7) is 0.348. The molecule has 1 aromatic carbocycles. The molecule has 20 heavy (non-hydrogen) atoms. The predicted molar refractivity (Wildman–Crippen MR) is 77.5 cm³/mol. The molecule has 1 amide bonds. The third kappa shape index (κ3) is 5.05. The van der Waals surface area contributed by atoms with E-state index in [4.69, 9.17) is 0 Å². The van der Waals surface area contributed by atoms with E-state index in [1.165, 1.54) is 37.8 Å². The van der Waals surface area contributed by atoms with E-state index in [1.54, 1.807) is 12.1 Å². The van der Waals surface area contributed by atoms with Crippen molar-refractivity contribution in [2.45, 2.75) is 38.5 Å². The molecule has 1 aromatic rings. The van der Waals surface area contributed by atoms with Gasteiger partial charge in [-0.05, 0) is 36.6 Å². The third-order valence-corrected chi connectivity index (χ3v) is 3.71. The average molecular weight is 273 g/mol. The highest BCUT2D eigenvalue weighted by Crippen LogP contribution is 2.28. The smallest absolute Gasteiger partial charge is 0.220 e. The van der Waals surface area contributed by atoms with Crippen molar-refractivity contribution in [3.05, 3.63) is 35.6 Å². The van der Waals surface area contributed by atoms with Crippen molar-refractivity contribution in [2.24, 2.45) is 5.92 Å².